The van der Waals surface area contributed by atoms with Crippen molar-refractivity contribution in [2.24, 2.45) is 5.73 Å². The van der Waals surface area contributed by atoms with Gasteiger partial charge in [0.15, 0.2) is 0 Å². The molecular formula is C15H26N2O2S. The summed E-state index contributed by atoms with van der Waals surface area (Å²) in [6.45, 7) is 6.00. The van der Waals surface area contributed by atoms with Gasteiger partial charge < -0.3 is 5.73 Å². The van der Waals surface area contributed by atoms with E-state index in [0.29, 0.717) is 4.90 Å². The molecule has 0 aliphatic carbocycles. The lowest BCUT2D eigenvalue weighted by molar-refractivity contribution is 0.349. The predicted molar refractivity (Wildman–Crippen MR) is 83.0 cm³/mol. The smallest absolute Gasteiger partial charge is 0.243 e. The van der Waals surface area contributed by atoms with Crippen LogP contribution in [0.4, 0.5) is 0 Å². The largest absolute Gasteiger partial charge is 0.324 e. The molecule has 0 aromatic heterocycles. The zero-order chi connectivity index (χ0) is 15.3. The Morgan fingerprint density at radius 1 is 1.15 bits per heavy atom. The Morgan fingerprint density at radius 2 is 1.75 bits per heavy atom. The van der Waals surface area contributed by atoms with E-state index in [1.165, 1.54) is 4.31 Å². The fourth-order valence-electron chi connectivity index (χ4n) is 2.31. The highest BCUT2D eigenvalue weighted by Crippen LogP contribution is 2.23. The normalized spacial score (nSPS) is 13.9. The minimum atomic E-state index is -3.45. The van der Waals surface area contributed by atoms with Gasteiger partial charge in [-0.2, -0.15) is 4.31 Å². The van der Waals surface area contributed by atoms with E-state index in [2.05, 4.69) is 0 Å². The van der Waals surface area contributed by atoms with Crippen molar-refractivity contribution in [3.8, 4) is 0 Å². The first-order valence-corrected chi connectivity index (χ1v) is 8.65. The van der Waals surface area contributed by atoms with Gasteiger partial charge in [-0.3, -0.25) is 0 Å². The number of benzene rings is 1. The quantitative estimate of drug-likeness (QED) is 0.842. The maximum atomic E-state index is 12.6. The molecule has 0 bridgehead atoms. The molecule has 0 saturated heterocycles. The van der Waals surface area contributed by atoms with Gasteiger partial charge in [-0.05, 0) is 37.0 Å². The average Bonchev–Trinajstić information content (AvgIpc) is 2.47. The van der Waals surface area contributed by atoms with Crippen molar-refractivity contribution < 1.29 is 8.42 Å². The first-order valence-electron chi connectivity index (χ1n) is 7.21. The van der Waals surface area contributed by atoms with E-state index in [4.69, 9.17) is 5.73 Å². The van der Waals surface area contributed by atoms with Crippen molar-refractivity contribution in [2.45, 2.75) is 57.0 Å². The molecule has 0 amide bonds. The molecule has 1 rings (SSSR count). The van der Waals surface area contributed by atoms with Crippen LogP contribution in [0, 0.1) is 0 Å². The van der Waals surface area contributed by atoms with E-state index in [9.17, 15) is 8.42 Å². The molecule has 0 spiro atoms. The van der Waals surface area contributed by atoms with Gasteiger partial charge in [0, 0.05) is 19.1 Å². The molecule has 0 saturated carbocycles. The summed E-state index contributed by atoms with van der Waals surface area (Å²) >= 11 is 0. The van der Waals surface area contributed by atoms with Gasteiger partial charge >= 0.3 is 0 Å². The molecule has 0 fully saturated rings. The van der Waals surface area contributed by atoms with Crippen LogP contribution in [0.25, 0.3) is 0 Å². The molecule has 2 N–H and O–H groups in total. The lowest BCUT2D eigenvalue weighted by atomic mass is 10.1. The molecular weight excluding hydrogens is 272 g/mol. The van der Waals surface area contributed by atoms with E-state index >= 15 is 0 Å². The lowest BCUT2D eigenvalue weighted by Crippen LogP contribution is -2.36. The van der Waals surface area contributed by atoms with Crippen molar-refractivity contribution in [3.05, 3.63) is 29.8 Å². The zero-order valence-electron chi connectivity index (χ0n) is 12.8. The third-order valence-electron chi connectivity index (χ3n) is 3.86. The average molecular weight is 298 g/mol. The second-order valence-electron chi connectivity index (χ2n) is 5.08. The molecule has 0 aliphatic rings. The van der Waals surface area contributed by atoms with Gasteiger partial charge in [-0.1, -0.05) is 32.9 Å². The number of sulfonamides is 1. The standard InChI is InChI=1S/C15H26N2O2S/c1-5-13(6-2)17(4)20(18,19)14-10-8-9-12(11-14)15(16)7-3/h8-11,13,15H,5-7,16H2,1-4H3. The van der Waals surface area contributed by atoms with Crippen molar-refractivity contribution >= 4 is 10.0 Å². The number of hydrogen-bond acceptors (Lipinski definition) is 3. The maximum absolute atomic E-state index is 12.6. The van der Waals surface area contributed by atoms with Crippen LogP contribution in [-0.2, 0) is 10.0 Å². The van der Waals surface area contributed by atoms with Crippen LogP contribution in [0.5, 0.6) is 0 Å². The molecule has 0 heterocycles. The third kappa shape index (κ3) is 3.59. The summed E-state index contributed by atoms with van der Waals surface area (Å²) in [5.41, 5.74) is 6.85. The molecule has 5 heteroatoms. The fourth-order valence-corrected chi connectivity index (χ4v) is 3.87. The van der Waals surface area contributed by atoms with Gasteiger partial charge in [0.2, 0.25) is 10.0 Å². The van der Waals surface area contributed by atoms with Gasteiger partial charge in [-0.25, -0.2) is 8.42 Å². The van der Waals surface area contributed by atoms with Crippen molar-refractivity contribution in [3.63, 3.8) is 0 Å². The van der Waals surface area contributed by atoms with Gasteiger partial charge in [0.1, 0.15) is 0 Å². The van der Waals surface area contributed by atoms with E-state index in [1.54, 1.807) is 25.2 Å². The predicted octanol–water partition coefficient (Wildman–Crippen LogP) is 2.91. The molecule has 20 heavy (non-hydrogen) atoms. The lowest BCUT2D eigenvalue weighted by Gasteiger charge is -2.26. The highest BCUT2D eigenvalue weighted by atomic mass is 32.2. The highest BCUT2D eigenvalue weighted by Gasteiger charge is 2.26. The first kappa shape index (κ1) is 17.1. The summed E-state index contributed by atoms with van der Waals surface area (Å²) in [5, 5.41) is 0. The molecule has 114 valence electrons. The SMILES string of the molecule is CCC(N)c1cccc(S(=O)(=O)N(C)C(CC)CC)c1. The molecule has 0 radical (unpaired) electrons. The molecule has 1 aromatic rings. The van der Waals surface area contributed by atoms with E-state index in [0.717, 1.165) is 24.8 Å². The Kier molecular flexibility index (Phi) is 6.17. The summed E-state index contributed by atoms with van der Waals surface area (Å²) in [5.74, 6) is 0. The van der Waals surface area contributed by atoms with Crippen molar-refractivity contribution in [1.82, 2.24) is 4.31 Å². The summed E-state index contributed by atoms with van der Waals surface area (Å²) in [6, 6.07) is 6.89. The van der Waals surface area contributed by atoms with Crippen LogP contribution in [0.3, 0.4) is 0 Å². The van der Waals surface area contributed by atoms with Crippen LogP contribution < -0.4 is 5.73 Å². The van der Waals surface area contributed by atoms with Gasteiger partial charge in [0.05, 0.1) is 4.90 Å². The van der Waals surface area contributed by atoms with Crippen LogP contribution in [0.1, 0.15) is 51.6 Å². The van der Waals surface area contributed by atoms with E-state index < -0.39 is 10.0 Å². The number of rotatable bonds is 7. The Morgan fingerprint density at radius 3 is 2.25 bits per heavy atom. The number of nitrogens with two attached hydrogens (primary N) is 1. The first-order chi connectivity index (χ1) is 9.38. The van der Waals surface area contributed by atoms with E-state index in [1.807, 2.05) is 26.8 Å². The summed E-state index contributed by atoms with van der Waals surface area (Å²) in [7, 11) is -1.80. The molecule has 0 aliphatic heterocycles. The Labute approximate surface area is 123 Å². The highest BCUT2D eigenvalue weighted by molar-refractivity contribution is 7.89. The number of hydrogen-bond donors (Lipinski definition) is 1. The second kappa shape index (κ2) is 7.20. The third-order valence-corrected chi connectivity index (χ3v) is 5.77. The molecule has 1 aromatic carbocycles. The van der Waals surface area contributed by atoms with Crippen LogP contribution in [0.15, 0.2) is 29.2 Å². The minimum Gasteiger partial charge on any atom is -0.324 e. The zero-order valence-corrected chi connectivity index (χ0v) is 13.7. The molecule has 1 atom stereocenters. The van der Waals surface area contributed by atoms with E-state index in [-0.39, 0.29) is 12.1 Å². The monoisotopic (exact) mass is 298 g/mol. The van der Waals surface area contributed by atoms with Crippen molar-refractivity contribution in [1.29, 1.82) is 0 Å². The minimum absolute atomic E-state index is 0.0310. The van der Waals surface area contributed by atoms with Gasteiger partial charge in [0.25, 0.3) is 0 Å². The number of nitrogens with zero attached hydrogens (tertiary/aromatic N) is 1. The van der Waals surface area contributed by atoms with Gasteiger partial charge in [-0.15, -0.1) is 0 Å². The second-order valence-corrected chi connectivity index (χ2v) is 7.08. The Hall–Kier alpha value is -0.910. The summed E-state index contributed by atoms with van der Waals surface area (Å²) in [4.78, 5) is 0.327. The fraction of sp³-hybridized carbons (Fsp3) is 0.600. The summed E-state index contributed by atoms with van der Waals surface area (Å²) in [6.07, 6.45) is 2.40. The van der Waals surface area contributed by atoms with Crippen LogP contribution in [0.2, 0.25) is 0 Å². The maximum Gasteiger partial charge on any atom is 0.243 e. The molecule has 1 unspecified atom stereocenters. The van der Waals surface area contributed by atoms with Crippen LogP contribution >= 0.6 is 0 Å². The molecule has 4 nitrogen and oxygen atoms in total. The Bertz CT molecular complexity index is 524. The van der Waals surface area contributed by atoms with Crippen LogP contribution in [-0.4, -0.2) is 25.8 Å². The Balaban J connectivity index is 3.15. The summed E-state index contributed by atoms with van der Waals surface area (Å²) < 4.78 is 26.8. The van der Waals surface area contributed by atoms with Crippen molar-refractivity contribution in [2.75, 3.05) is 7.05 Å². The topological polar surface area (TPSA) is 63.4 Å².